The van der Waals surface area contributed by atoms with Gasteiger partial charge in [0.25, 0.3) is 5.91 Å². The van der Waals surface area contributed by atoms with Crippen LogP contribution in [0.4, 0.5) is 14.5 Å². The van der Waals surface area contributed by atoms with Crippen LogP contribution in [0.2, 0.25) is 0 Å². The van der Waals surface area contributed by atoms with Gasteiger partial charge in [0.2, 0.25) is 0 Å². The zero-order valence-corrected chi connectivity index (χ0v) is 13.7. The molecule has 1 aliphatic rings. The first-order valence-electron chi connectivity index (χ1n) is 6.75. The number of nitrogens with zero attached hydrogens (tertiary/aromatic N) is 1. The van der Waals surface area contributed by atoms with Crippen LogP contribution >= 0.6 is 24.0 Å². The summed E-state index contributed by atoms with van der Waals surface area (Å²) in [5.41, 5.74) is 2.18. The van der Waals surface area contributed by atoms with E-state index in [4.69, 9.17) is 12.2 Å². The van der Waals surface area contributed by atoms with Crippen molar-refractivity contribution in [1.29, 1.82) is 0 Å². The highest BCUT2D eigenvalue weighted by atomic mass is 32.2. The molecular weight excluding hydrogens is 336 g/mol. The number of halogens is 2. The Morgan fingerprint density at radius 2 is 1.78 bits per heavy atom. The van der Waals surface area contributed by atoms with Crippen LogP contribution in [-0.2, 0) is 4.79 Å². The van der Waals surface area contributed by atoms with E-state index >= 15 is 0 Å². The maximum absolute atomic E-state index is 13.3. The largest absolute Gasteiger partial charge is 0.270 e. The van der Waals surface area contributed by atoms with Crippen molar-refractivity contribution in [2.45, 2.75) is 6.92 Å². The minimum atomic E-state index is -0.951. The van der Waals surface area contributed by atoms with Gasteiger partial charge in [-0.25, -0.2) is 8.78 Å². The van der Waals surface area contributed by atoms with E-state index in [-0.39, 0.29) is 5.91 Å². The molecule has 0 saturated carbocycles. The van der Waals surface area contributed by atoms with Crippen LogP contribution in [0.15, 0.2) is 47.4 Å². The number of thioether (sulfide) groups is 1. The maximum Gasteiger partial charge on any atom is 0.270 e. The molecule has 1 saturated heterocycles. The van der Waals surface area contributed by atoms with Gasteiger partial charge in [-0.15, -0.1) is 0 Å². The molecule has 1 fully saturated rings. The third-order valence-corrected chi connectivity index (χ3v) is 4.63. The second kappa shape index (κ2) is 6.22. The van der Waals surface area contributed by atoms with E-state index in [1.807, 2.05) is 31.2 Å². The average molecular weight is 347 g/mol. The predicted octanol–water partition coefficient (Wildman–Crippen LogP) is 4.68. The molecule has 0 N–H and O–H groups in total. The number of hydrogen-bond acceptors (Lipinski definition) is 3. The quantitative estimate of drug-likeness (QED) is 0.581. The Morgan fingerprint density at radius 3 is 2.43 bits per heavy atom. The second-order valence-corrected chi connectivity index (χ2v) is 6.70. The summed E-state index contributed by atoms with van der Waals surface area (Å²) in [6, 6.07) is 10.9. The number of hydrogen-bond donors (Lipinski definition) is 0. The second-order valence-electron chi connectivity index (χ2n) is 5.03. The Labute approximate surface area is 141 Å². The van der Waals surface area contributed by atoms with Crippen LogP contribution < -0.4 is 4.90 Å². The van der Waals surface area contributed by atoms with E-state index in [9.17, 15) is 13.6 Å². The lowest BCUT2D eigenvalue weighted by Gasteiger charge is -2.14. The minimum Gasteiger partial charge on any atom is -0.268 e. The molecule has 0 radical (unpaired) electrons. The molecule has 0 bridgehead atoms. The van der Waals surface area contributed by atoms with Gasteiger partial charge in [0, 0.05) is 0 Å². The summed E-state index contributed by atoms with van der Waals surface area (Å²) in [5, 5.41) is 0. The van der Waals surface area contributed by atoms with Crippen molar-refractivity contribution in [3.05, 3.63) is 70.1 Å². The summed E-state index contributed by atoms with van der Waals surface area (Å²) < 4.78 is 26.7. The van der Waals surface area contributed by atoms with Crippen LogP contribution in [0.3, 0.4) is 0 Å². The number of carbonyl (C=O) groups is 1. The fourth-order valence-corrected chi connectivity index (χ4v) is 3.44. The number of anilines is 1. The fourth-order valence-electron chi connectivity index (χ4n) is 2.14. The molecule has 1 amide bonds. The topological polar surface area (TPSA) is 20.3 Å². The number of benzene rings is 2. The van der Waals surface area contributed by atoms with Gasteiger partial charge in [0.05, 0.1) is 10.6 Å². The maximum atomic E-state index is 13.3. The Hall–Kier alpha value is -2.05. The number of amides is 1. The monoisotopic (exact) mass is 347 g/mol. The first-order chi connectivity index (χ1) is 11.0. The smallest absolute Gasteiger partial charge is 0.268 e. The van der Waals surface area contributed by atoms with Crippen molar-refractivity contribution in [1.82, 2.24) is 0 Å². The summed E-state index contributed by atoms with van der Waals surface area (Å²) in [6.45, 7) is 1.96. The van der Waals surface area contributed by atoms with Crippen molar-refractivity contribution in [2.75, 3.05) is 4.90 Å². The summed E-state index contributed by atoms with van der Waals surface area (Å²) in [4.78, 5) is 14.4. The molecule has 23 heavy (non-hydrogen) atoms. The lowest BCUT2D eigenvalue weighted by molar-refractivity contribution is -0.113. The Balaban J connectivity index is 1.92. The van der Waals surface area contributed by atoms with Gasteiger partial charge < -0.3 is 0 Å². The SMILES string of the molecule is Cc1ccc(N2C(=O)/C(=C\c3ccc(F)c(F)c3)SC2=S)cc1. The number of rotatable bonds is 2. The summed E-state index contributed by atoms with van der Waals surface area (Å²) >= 11 is 6.40. The van der Waals surface area contributed by atoms with Gasteiger partial charge in [-0.1, -0.05) is 47.7 Å². The van der Waals surface area contributed by atoms with E-state index in [2.05, 4.69) is 0 Å². The first-order valence-corrected chi connectivity index (χ1v) is 7.98. The average Bonchev–Trinajstić information content (AvgIpc) is 2.79. The van der Waals surface area contributed by atoms with Crippen LogP contribution in [0.5, 0.6) is 0 Å². The molecule has 116 valence electrons. The van der Waals surface area contributed by atoms with Crippen LogP contribution in [0.1, 0.15) is 11.1 Å². The van der Waals surface area contributed by atoms with E-state index in [0.717, 1.165) is 29.5 Å². The van der Waals surface area contributed by atoms with Crippen LogP contribution in [0.25, 0.3) is 6.08 Å². The zero-order chi connectivity index (χ0) is 16.6. The standard InChI is InChI=1S/C17H11F2NOS2/c1-10-2-5-12(6-3-10)20-16(21)15(23-17(20)22)9-11-4-7-13(18)14(19)8-11/h2-9H,1H3/b15-9+. The molecular formula is C17H11F2NOS2. The van der Waals surface area contributed by atoms with Gasteiger partial charge in [0.15, 0.2) is 16.0 Å². The molecule has 2 aromatic carbocycles. The van der Waals surface area contributed by atoms with E-state index in [1.54, 1.807) is 0 Å². The van der Waals surface area contributed by atoms with Crippen molar-refractivity contribution >= 4 is 46.0 Å². The highest BCUT2D eigenvalue weighted by Gasteiger charge is 2.33. The third-order valence-electron chi connectivity index (χ3n) is 3.33. The Bertz CT molecular complexity index is 831. The van der Waals surface area contributed by atoms with Gasteiger partial charge >= 0.3 is 0 Å². The van der Waals surface area contributed by atoms with Crippen molar-refractivity contribution in [3.8, 4) is 0 Å². The summed E-state index contributed by atoms with van der Waals surface area (Å²) in [5.74, 6) is -2.14. The highest BCUT2D eigenvalue weighted by molar-refractivity contribution is 8.27. The molecule has 0 atom stereocenters. The zero-order valence-electron chi connectivity index (χ0n) is 12.0. The molecule has 2 nitrogen and oxygen atoms in total. The lowest BCUT2D eigenvalue weighted by Crippen LogP contribution is -2.27. The van der Waals surface area contributed by atoms with Crippen molar-refractivity contribution in [3.63, 3.8) is 0 Å². The molecule has 0 unspecified atom stereocenters. The Kier molecular flexibility index (Phi) is 4.28. The number of thiocarbonyl (C=S) groups is 1. The van der Waals surface area contributed by atoms with Gasteiger partial charge in [-0.05, 0) is 42.8 Å². The molecule has 1 heterocycles. The van der Waals surface area contributed by atoms with Crippen molar-refractivity contribution in [2.24, 2.45) is 0 Å². The van der Waals surface area contributed by atoms with Gasteiger partial charge in [-0.3, -0.25) is 9.69 Å². The lowest BCUT2D eigenvalue weighted by atomic mass is 10.2. The summed E-state index contributed by atoms with van der Waals surface area (Å²) in [6.07, 6.45) is 1.51. The normalized spacial score (nSPS) is 16.5. The number of carbonyl (C=O) groups excluding carboxylic acids is 1. The molecule has 2 aromatic rings. The third kappa shape index (κ3) is 3.18. The Morgan fingerprint density at radius 1 is 1.09 bits per heavy atom. The fraction of sp³-hybridized carbons (Fsp3) is 0.0588. The molecule has 0 spiro atoms. The number of aryl methyl sites for hydroxylation is 1. The van der Waals surface area contributed by atoms with Crippen molar-refractivity contribution < 1.29 is 13.6 Å². The molecule has 0 aromatic heterocycles. The van der Waals surface area contributed by atoms with Gasteiger partial charge in [-0.2, -0.15) is 0 Å². The van der Waals surface area contributed by atoms with Gasteiger partial charge in [0.1, 0.15) is 0 Å². The van der Waals surface area contributed by atoms with E-state index in [1.165, 1.54) is 17.0 Å². The summed E-state index contributed by atoms with van der Waals surface area (Å²) in [7, 11) is 0. The molecule has 1 aliphatic heterocycles. The molecule has 0 aliphatic carbocycles. The minimum absolute atomic E-state index is 0.270. The molecule has 3 rings (SSSR count). The van der Waals surface area contributed by atoms with Crippen LogP contribution in [-0.4, -0.2) is 10.2 Å². The van der Waals surface area contributed by atoms with E-state index < -0.39 is 11.6 Å². The predicted molar refractivity (Wildman–Crippen MR) is 93.2 cm³/mol. The first kappa shape index (κ1) is 15.8. The van der Waals surface area contributed by atoms with Crippen LogP contribution in [0, 0.1) is 18.6 Å². The molecule has 6 heteroatoms. The van der Waals surface area contributed by atoms with E-state index in [0.29, 0.717) is 20.5 Å². The highest BCUT2D eigenvalue weighted by Crippen LogP contribution is 2.36.